The van der Waals surface area contributed by atoms with E-state index in [1.165, 1.54) is 12.8 Å². The van der Waals surface area contributed by atoms with Gasteiger partial charge in [-0.1, -0.05) is 0 Å². The number of piperidine rings is 1. The lowest BCUT2D eigenvalue weighted by Gasteiger charge is -2.21. The Labute approximate surface area is 102 Å². The number of hydrogen-bond donors (Lipinski definition) is 1. The minimum absolute atomic E-state index is 0. The van der Waals surface area contributed by atoms with Gasteiger partial charge in [-0.3, -0.25) is 0 Å². The summed E-state index contributed by atoms with van der Waals surface area (Å²) in [5, 5.41) is 3.34. The molecule has 0 radical (unpaired) electrons. The number of aryl methyl sites for hydroxylation is 1. The van der Waals surface area contributed by atoms with Crippen LogP contribution >= 0.6 is 12.4 Å². The minimum Gasteiger partial charge on any atom is -0.463 e. The maximum Gasteiger partial charge on any atom is 0.316 e. The second kappa shape index (κ2) is 6.66. The SMILES string of the molecule is Cc1ccnc(OCC2CCNCC2)n1.Cl. The summed E-state index contributed by atoms with van der Waals surface area (Å²) in [6.07, 6.45) is 4.11. The fourth-order valence-corrected chi connectivity index (χ4v) is 1.74. The zero-order valence-electron chi connectivity index (χ0n) is 9.48. The second-order valence-corrected chi connectivity index (χ2v) is 3.98. The Balaban J connectivity index is 0.00000128. The van der Waals surface area contributed by atoms with Crippen LogP contribution in [0.2, 0.25) is 0 Å². The third-order valence-corrected chi connectivity index (χ3v) is 2.68. The molecule has 2 heterocycles. The molecular weight excluding hydrogens is 226 g/mol. The summed E-state index contributed by atoms with van der Waals surface area (Å²) in [5.74, 6) is 0.648. The topological polar surface area (TPSA) is 47.0 Å². The molecule has 1 fully saturated rings. The summed E-state index contributed by atoms with van der Waals surface area (Å²) in [4.78, 5) is 8.28. The molecule has 2 rings (SSSR count). The number of aromatic nitrogens is 2. The van der Waals surface area contributed by atoms with Crippen molar-refractivity contribution in [2.45, 2.75) is 19.8 Å². The van der Waals surface area contributed by atoms with Crippen molar-refractivity contribution in [2.75, 3.05) is 19.7 Å². The Kier molecular flexibility index (Phi) is 5.49. The van der Waals surface area contributed by atoms with E-state index in [2.05, 4.69) is 15.3 Å². The van der Waals surface area contributed by atoms with Crippen molar-refractivity contribution in [1.82, 2.24) is 15.3 Å². The van der Waals surface area contributed by atoms with Crippen LogP contribution in [0.3, 0.4) is 0 Å². The van der Waals surface area contributed by atoms with Crippen LogP contribution in [0.25, 0.3) is 0 Å². The molecule has 1 aliphatic rings. The van der Waals surface area contributed by atoms with Gasteiger partial charge < -0.3 is 10.1 Å². The van der Waals surface area contributed by atoms with Crippen LogP contribution < -0.4 is 10.1 Å². The Bertz CT molecular complexity index is 316. The molecule has 0 aromatic carbocycles. The Morgan fingerprint density at radius 2 is 2.19 bits per heavy atom. The number of rotatable bonds is 3. The van der Waals surface area contributed by atoms with Gasteiger partial charge in [-0.2, -0.15) is 0 Å². The Hall–Kier alpha value is -0.870. The normalized spacial score (nSPS) is 16.6. The van der Waals surface area contributed by atoms with Crippen LogP contribution in [0.5, 0.6) is 6.01 Å². The molecule has 0 unspecified atom stereocenters. The molecule has 0 aliphatic carbocycles. The van der Waals surface area contributed by atoms with Crippen LogP contribution in [-0.4, -0.2) is 29.7 Å². The van der Waals surface area contributed by atoms with E-state index in [0.717, 1.165) is 25.4 Å². The van der Waals surface area contributed by atoms with Gasteiger partial charge >= 0.3 is 6.01 Å². The van der Waals surface area contributed by atoms with Crippen molar-refractivity contribution in [3.63, 3.8) is 0 Å². The van der Waals surface area contributed by atoms with E-state index in [1.54, 1.807) is 6.20 Å². The van der Waals surface area contributed by atoms with Gasteiger partial charge in [0, 0.05) is 11.9 Å². The number of hydrogen-bond acceptors (Lipinski definition) is 4. The highest BCUT2D eigenvalue weighted by molar-refractivity contribution is 5.85. The first-order valence-corrected chi connectivity index (χ1v) is 5.48. The molecule has 1 aliphatic heterocycles. The molecule has 4 nitrogen and oxygen atoms in total. The summed E-state index contributed by atoms with van der Waals surface area (Å²) < 4.78 is 5.58. The van der Waals surface area contributed by atoms with Crippen molar-refractivity contribution in [2.24, 2.45) is 5.92 Å². The summed E-state index contributed by atoms with van der Waals surface area (Å²) >= 11 is 0. The molecule has 1 aromatic heterocycles. The van der Waals surface area contributed by atoms with Gasteiger partial charge in [0.1, 0.15) is 0 Å². The third kappa shape index (κ3) is 3.94. The predicted molar refractivity (Wildman–Crippen MR) is 65.1 cm³/mol. The zero-order chi connectivity index (χ0) is 10.5. The van der Waals surface area contributed by atoms with E-state index in [0.29, 0.717) is 11.9 Å². The van der Waals surface area contributed by atoms with E-state index in [9.17, 15) is 0 Å². The average Bonchev–Trinajstić information content (AvgIpc) is 2.28. The van der Waals surface area contributed by atoms with Gasteiger partial charge in [-0.05, 0) is 44.8 Å². The van der Waals surface area contributed by atoms with E-state index >= 15 is 0 Å². The maximum absolute atomic E-state index is 5.58. The number of nitrogens with zero attached hydrogens (tertiary/aromatic N) is 2. The minimum atomic E-state index is 0. The number of nitrogens with one attached hydrogen (secondary N) is 1. The molecule has 16 heavy (non-hydrogen) atoms. The van der Waals surface area contributed by atoms with E-state index in [4.69, 9.17) is 4.74 Å². The van der Waals surface area contributed by atoms with Crippen LogP contribution in [0.1, 0.15) is 18.5 Å². The third-order valence-electron chi connectivity index (χ3n) is 2.68. The van der Waals surface area contributed by atoms with Gasteiger partial charge in [-0.15, -0.1) is 12.4 Å². The quantitative estimate of drug-likeness (QED) is 0.876. The highest BCUT2D eigenvalue weighted by Crippen LogP contribution is 2.13. The summed E-state index contributed by atoms with van der Waals surface area (Å²) in [7, 11) is 0. The van der Waals surface area contributed by atoms with Gasteiger partial charge in [0.05, 0.1) is 6.61 Å². The average molecular weight is 244 g/mol. The lowest BCUT2D eigenvalue weighted by molar-refractivity contribution is 0.201. The largest absolute Gasteiger partial charge is 0.463 e. The van der Waals surface area contributed by atoms with Crippen molar-refractivity contribution >= 4 is 12.4 Å². The van der Waals surface area contributed by atoms with Gasteiger partial charge in [0.2, 0.25) is 0 Å². The Morgan fingerprint density at radius 3 is 2.88 bits per heavy atom. The molecule has 0 spiro atoms. The monoisotopic (exact) mass is 243 g/mol. The van der Waals surface area contributed by atoms with Crippen LogP contribution in [0, 0.1) is 12.8 Å². The first kappa shape index (κ1) is 13.2. The molecule has 0 atom stereocenters. The molecule has 1 N–H and O–H groups in total. The first-order chi connectivity index (χ1) is 7.34. The molecule has 0 amide bonds. The van der Waals surface area contributed by atoms with Crippen molar-refractivity contribution < 1.29 is 4.74 Å². The molecular formula is C11H18ClN3O. The standard InChI is InChI=1S/C11H17N3O.ClH/c1-9-2-7-13-11(14-9)15-8-10-3-5-12-6-4-10;/h2,7,10,12H,3-6,8H2,1H3;1H. The van der Waals surface area contributed by atoms with Crippen molar-refractivity contribution in [1.29, 1.82) is 0 Å². The van der Waals surface area contributed by atoms with Crippen LogP contribution in [0.15, 0.2) is 12.3 Å². The first-order valence-electron chi connectivity index (χ1n) is 5.48. The zero-order valence-corrected chi connectivity index (χ0v) is 10.3. The number of ether oxygens (including phenoxy) is 1. The van der Waals surface area contributed by atoms with Gasteiger partial charge in [0.25, 0.3) is 0 Å². The van der Waals surface area contributed by atoms with Gasteiger partial charge in [0.15, 0.2) is 0 Å². The van der Waals surface area contributed by atoms with Gasteiger partial charge in [-0.25, -0.2) is 9.97 Å². The summed E-state index contributed by atoms with van der Waals surface area (Å²) in [6.45, 7) is 4.88. The summed E-state index contributed by atoms with van der Waals surface area (Å²) in [6, 6.07) is 2.38. The second-order valence-electron chi connectivity index (χ2n) is 3.98. The van der Waals surface area contributed by atoms with E-state index in [1.807, 2.05) is 13.0 Å². The lowest BCUT2D eigenvalue weighted by atomic mass is 9.99. The maximum atomic E-state index is 5.58. The fourth-order valence-electron chi connectivity index (χ4n) is 1.74. The predicted octanol–water partition coefficient (Wildman–Crippen LogP) is 1.59. The summed E-state index contributed by atoms with van der Waals surface area (Å²) in [5.41, 5.74) is 0.949. The highest BCUT2D eigenvalue weighted by atomic mass is 35.5. The fraction of sp³-hybridized carbons (Fsp3) is 0.636. The molecule has 5 heteroatoms. The van der Waals surface area contributed by atoms with E-state index < -0.39 is 0 Å². The van der Waals surface area contributed by atoms with Crippen LogP contribution in [-0.2, 0) is 0 Å². The number of halogens is 1. The van der Waals surface area contributed by atoms with E-state index in [-0.39, 0.29) is 12.4 Å². The smallest absolute Gasteiger partial charge is 0.316 e. The van der Waals surface area contributed by atoms with Crippen molar-refractivity contribution in [3.8, 4) is 6.01 Å². The lowest BCUT2D eigenvalue weighted by Crippen LogP contribution is -2.30. The molecule has 90 valence electrons. The molecule has 0 saturated carbocycles. The highest BCUT2D eigenvalue weighted by Gasteiger charge is 2.13. The molecule has 0 bridgehead atoms. The van der Waals surface area contributed by atoms with Crippen molar-refractivity contribution in [3.05, 3.63) is 18.0 Å². The Morgan fingerprint density at radius 1 is 1.44 bits per heavy atom. The molecule has 1 saturated heterocycles. The molecule has 1 aromatic rings. The van der Waals surface area contributed by atoms with Crippen LogP contribution in [0.4, 0.5) is 0 Å².